The van der Waals surface area contributed by atoms with Gasteiger partial charge in [0.2, 0.25) is 9.84 Å². The summed E-state index contributed by atoms with van der Waals surface area (Å²) in [7, 11) is -2.75. The summed E-state index contributed by atoms with van der Waals surface area (Å²) in [6.07, 6.45) is 2.56. The first-order chi connectivity index (χ1) is 25.7. The predicted octanol–water partition coefficient (Wildman–Crippen LogP) is 8.09. The molecule has 5 aromatic rings. The van der Waals surface area contributed by atoms with Crippen LogP contribution in [0, 0.1) is 0 Å². The van der Waals surface area contributed by atoms with Gasteiger partial charge in [0.15, 0.2) is 0 Å². The number of benzene rings is 5. The molecule has 0 saturated heterocycles. The quantitative estimate of drug-likeness (QED) is 0.0785. The van der Waals surface area contributed by atoms with E-state index in [1.807, 2.05) is 105 Å². The van der Waals surface area contributed by atoms with Gasteiger partial charge in [-0.2, -0.15) is 0 Å². The molecule has 1 N–H and O–H groups in total. The van der Waals surface area contributed by atoms with Crippen molar-refractivity contribution < 1.29 is 27.6 Å². The zero-order valence-electron chi connectivity index (χ0n) is 29.9. The average molecular weight is 728 g/mol. The van der Waals surface area contributed by atoms with Gasteiger partial charge in [0.1, 0.15) is 11.4 Å². The van der Waals surface area contributed by atoms with E-state index in [1.165, 1.54) is 42.5 Å². The summed E-state index contributed by atoms with van der Waals surface area (Å²) >= 11 is 0. The van der Waals surface area contributed by atoms with Crippen molar-refractivity contribution in [3.8, 4) is 0 Å². The van der Waals surface area contributed by atoms with Crippen LogP contribution in [-0.2, 0) is 29.7 Å². The summed E-state index contributed by atoms with van der Waals surface area (Å²) in [4.78, 5) is 37.6. The highest BCUT2D eigenvalue weighted by Crippen LogP contribution is 2.42. The Morgan fingerprint density at radius 3 is 1.83 bits per heavy atom. The number of carbonyl (C=O) groups excluding carboxylic acids is 2. The van der Waals surface area contributed by atoms with E-state index in [0.717, 1.165) is 16.7 Å². The fourth-order valence-electron chi connectivity index (χ4n) is 6.46. The van der Waals surface area contributed by atoms with E-state index in [1.54, 1.807) is 18.2 Å². The summed E-state index contributed by atoms with van der Waals surface area (Å²) in [6, 6.07) is 40.3. The van der Waals surface area contributed by atoms with Crippen molar-refractivity contribution in [2.45, 2.75) is 42.0 Å². The number of hydroxylamine groups is 2. The van der Waals surface area contributed by atoms with E-state index in [0.29, 0.717) is 42.2 Å². The number of anilines is 1. The Morgan fingerprint density at radius 1 is 0.774 bits per heavy atom. The molecule has 0 bridgehead atoms. The van der Waals surface area contributed by atoms with E-state index in [9.17, 15) is 18.0 Å². The first-order valence-electron chi connectivity index (χ1n) is 17.5. The molecule has 0 spiro atoms. The lowest BCUT2D eigenvalue weighted by molar-refractivity contribution is -0.180. The molecule has 1 aliphatic rings. The zero-order chi connectivity index (χ0) is 37.4. The summed E-state index contributed by atoms with van der Waals surface area (Å²) in [5.74, 6) is -0.417. The van der Waals surface area contributed by atoms with Crippen LogP contribution in [-0.4, -0.2) is 51.5 Å². The van der Waals surface area contributed by atoms with Gasteiger partial charge < -0.3 is 10.1 Å². The molecule has 0 aliphatic carbocycles. The Labute approximate surface area is 310 Å². The van der Waals surface area contributed by atoms with E-state index < -0.39 is 21.3 Å². The topological polar surface area (TPSA) is 114 Å². The molecule has 1 aliphatic heterocycles. The fraction of sp³-hybridized carbons (Fsp3) is 0.186. The highest BCUT2D eigenvalue weighted by molar-refractivity contribution is 7.91. The number of esters is 1. The van der Waals surface area contributed by atoms with Crippen molar-refractivity contribution in [3.63, 3.8) is 0 Å². The van der Waals surface area contributed by atoms with Gasteiger partial charge in [-0.05, 0) is 78.1 Å². The molecule has 0 aromatic heterocycles. The lowest BCUT2D eigenvalue weighted by atomic mass is 9.77. The molecule has 270 valence electrons. The monoisotopic (exact) mass is 727 g/mol. The van der Waals surface area contributed by atoms with Gasteiger partial charge in [0, 0.05) is 24.2 Å². The summed E-state index contributed by atoms with van der Waals surface area (Å²) in [6.45, 7) is 4.52. The maximum Gasteiger partial charge on any atom is 0.337 e. The summed E-state index contributed by atoms with van der Waals surface area (Å²) in [5.41, 5.74) is 3.38. The second kappa shape index (κ2) is 16.2. The number of sulfone groups is 1. The van der Waals surface area contributed by atoms with Gasteiger partial charge in [-0.15, -0.1) is 0 Å². The summed E-state index contributed by atoms with van der Waals surface area (Å²) in [5, 5.41) is 4.85. The van der Waals surface area contributed by atoms with Crippen molar-refractivity contribution in [2.24, 2.45) is 4.99 Å². The number of rotatable bonds is 12. The largest absolute Gasteiger partial charge is 0.465 e. The first-order valence-corrected chi connectivity index (χ1v) is 18.9. The van der Waals surface area contributed by atoms with Gasteiger partial charge in [-0.3, -0.25) is 14.6 Å². The Bertz CT molecular complexity index is 2140. The number of fused-ring (bicyclic) bond motifs is 1. The smallest absolute Gasteiger partial charge is 0.337 e. The average Bonchev–Trinajstić information content (AvgIpc) is 3.39. The number of methoxy groups -OCH3 is 1. The third kappa shape index (κ3) is 7.69. The van der Waals surface area contributed by atoms with Crippen LogP contribution in [0.3, 0.4) is 0 Å². The Balaban J connectivity index is 1.56. The number of aliphatic imine (C=N–C) groups is 1. The molecule has 0 unspecified atom stereocenters. The van der Waals surface area contributed by atoms with E-state index in [-0.39, 0.29) is 27.7 Å². The number of amidine groups is 1. The Hall–Kier alpha value is -5.84. The second-order valence-electron chi connectivity index (χ2n) is 12.4. The molecule has 0 radical (unpaired) electrons. The normalized spacial score (nSPS) is 13.6. The molecule has 6 rings (SSSR count). The van der Waals surface area contributed by atoms with Crippen molar-refractivity contribution >= 4 is 39.3 Å². The van der Waals surface area contributed by atoms with Crippen LogP contribution >= 0.6 is 0 Å². The van der Waals surface area contributed by atoms with Gasteiger partial charge in [-0.25, -0.2) is 18.3 Å². The number of nitrogens with zero attached hydrogens (tertiary/aromatic N) is 2. The number of carbonyl (C=O) groups is 2. The maximum absolute atomic E-state index is 14.2. The highest BCUT2D eigenvalue weighted by Gasteiger charge is 2.37. The van der Waals surface area contributed by atoms with Gasteiger partial charge >= 0.3 is 5.97 Å². The van der Waals surface area contributed by atoms with Crippen molar-refractivity contribution in [1.82, 2.24) is 5.06 Å². The van der Waals surface area contributed by atoms with Gasteiger partial charge in [0.05, 0.1) is 29.1 Å². The molecular formula is C43H41N3O6S. The molecular weight excluding hydrogens is 687 g/mol. The second-order valence-corrected chi connectivity index (χ2v) is 14.4. The molecule has 1 heterocycles. The van der Waals surface area contributed by atoms with Crippen LogP contribution in [0.4, 0.5) is 5.69 Å². The molecule has 10 heteroatoms. The van der Waals surface area contributed by atoms with Crippen LogP contribution in [0.1, 0.15) is 59.3 Å². The van der Waals surface area contributed by atoms with Crippen LogP contribution in [0.2, 0.25) is 0 Å². The van der Waals surface area contributed by atoms with Crippen molar-refractivity contribution in [3.05, 3.63) is 167 Å². The maximum atomic E-state index is 14.2. The molecule has 0 atom stereocenters. The van der Waals surface area contributed by atoms with Crippen molar-refractivity contribution in [1.29, 1.82) is 0 Å². The third-order valence-corrected chi connectivity index (χ3v) is 10.7. The molecule has 9 nitrogen and oxygen atoms in total. The summed E-state index contributed by atoms with van der Waals surface area (Å²) < 4.78 is 32.7. The first kappa shape index (κ1) is 36.9. The predicted molar refractivity (Wildman–Crippen MR) is 206 cm³/mol. The van der Waals surface area contributed by atoms with E-state index in [2.05, 4.69) is 5.32 Å². The zero-order valence-corrected chi connectivity index (χ0v) is 30.7. The standard InChI is InChI=1S/C43H41N3O6S/c1-4-27-46(52-5-2)41(47)33-28-32-23-26-38(53(49,50)37-24-21-31(22-25-37)42(48)51-3)30-39(32)44-40(29-33)45-43(34-15-9-6-10-16-34,35-17-11-7-12-18-35)36-19-13-8-14-20-36/h6-26,28,30H,4-5,27,29H2,1-3H3,(H,44,45). The Morgan fingerprint density at radius 2 is 1.32 bits per heavy atom. The van der Waals surface area contributed by atoms with Crippen LogP contribution in [0.5, 0.6) is 0 Å². The lowest BCUT2D eigenvalue weighted by Crippen LogP contribution is -2.34. The number of hydrogen-bond donors (Lipinski definition) is 1. The molecule has 0 saturated carbocycles. The number of ether oxygens (including phenoxy) is 1. The highest BCUT2D eigenvalue weighted by atomic mass is 32.2. The number of amides is 1. The molecule has 0 fully saturated rings. The SMILES string of the molecule is CCCN(OCC)C(=O)C1=Cc2ccc(S(=O)(=O)c3ccc(C(=O)OC)cc3)cc2NC(=NC(c2ccccc2)(c2ccccc2)c2ccccc2)C1. The number of nitrogens with one attached hydrogen (secondary N) is 1. The lowest BCUT2D eigenvalue weighted by Gasteiger charge is -2.33. The van der Waals surface area contributed by atoms with Crippen LogP contribution in [0.15, 0.2) is 154 Å². The molecule has 53 heavy (non-hydrogen) atoms. The van der Waals surface area contributed by atoms with E-state index >= 15 is 0 Å². The Kier molecular flexibility index (Phi) is 11.3. The number of hydrogen-bond acceptors (Lipinski definition) is 7. The van der Waals surface area contributed by atoms with Gasteiger partial charge in [-0.1, -0.05) is 104 Å². The molecule has 1 amide bonds. The fourth-order valence-corrected chi connectivity index (χ4v) is 7.75. The molecule has 5 aromatic carbocycles. The van der Waals surface area contributed by atoms with Crippen LogP contribution in [0.25, 0.3) is 6.08 Å². The third-order valence-electron chi connectivity index (χ3n) is 8.98. The minimum atomic E-state index is -4.02. The minimum absolute atomic E-state index is 0.0159. The van der Waals surface area contributed by atoms with E-state index in [4.69, 9.17) is 14.6 Å². The van der Waals surface area contributed by atoms with Gasteiger partial charge in [0.25, 0.3) is 5.91 Å². The van der Waals surface area contributed by atoms with Crippen LogP contribution < -0.4 is 5.32 Å². The minimum Gasteiger partial charge on any atom is -0.465 e. The van der Waals surface area contributed by atoms with Crippen molar-refractivity contribution in [2.75, 3.05) is 25.6 Å².